The van der Waals surface area contributed by atoms with Crippen LogP contribution >= 0.6 is 0 Å². The largest absolute Gasteiger partial charge is 0.496 e. The van der Waals surface area contributed by atoms with E-state index in [9.17, 15) is 4.79 Å². The first-order valence-electron chi connectivity index (χ1n) is 5.64. The van der Waals surface area contributed by atoms with Crippen LogP contribution in [0.1, 0.15) is 5.56 Å². The summed E-state index contributed by atoms with van der Waals surface area (Å²) in [6.07, 6.45) is 1.49. The summed E-state index contributed by atoms with van der Waals surface area (Å²) in [6.45, 7) is 0. The van der Waals surface area contributed by atoms with E-state index in [0.717, 1.165) is 22.1 Å². The number of ether oxygens (including phenoxy) is 1. The summed E-state index contributed by atoms with van der Waals surface area (Å²) >= 11 is 0. The molecule has 2 rings (SSSR count). The molecule has 0 bridgehead atoms. The molecule has 0 unspecified atom stereocenters. The number of fused-ring (bicyclic) bond motifs is 1. The van der Waals surface area contributed by atoms with Crippen LogP contribution in [-0.2, 0) is 4.79 Å². The van der Waals surface area contributed by atoms with E-state index in [0.29, 0.717) is 0 Å². The van der Waals surface area contributed by atoms with Crippen molar-refractivity contribution in [2.45, 2.75) is 0 Å². The van der Waals surface area contributed by atoms with Crippen LogP contribution in [0.3, 0.4) is 0 Å². The summed E-state index contributed by atoms with van der Waals surface area (Å²) in [5, 5.41) is 10.7. The monoisotopic (exact) mass is 252 g/mol. The number of hydrogen-bond acceptors (Lipinski definition) is 3. The smallest absolute Gasteiger partial charge is 0.259 e. The fourth-order valence-corrected chi connectivity index (χ4v) is 1.91. The van der Waals surface area contributed by atoms with Gasteiger partial charge in [0.05, 0.1) is 7.11 Å². The van der Waals surface area contributed by atoms with Gasteiger partial charge in [0.2, 0.25) is 0 Å². The molecule has 4 heteroatoms. The lowest BCUT2D eigenvalue weighted by Crippen LogP contribution is -2.12. The van der Waals surface area contributed by atoms with Crippen molar-refractivity contribution in [2.24, 2.45) is 5.73 Å². The SMILES string of the molecule is COc1ccc(/C=C(\C#N)C(N)=O)c2ccccc12. The Morgan fingerprint density at radius 1 is 1.26 bits per heavy atom. The second-order valence-electron chi connectivity index (χ2n) is 3.94. The van der Waals surface area contributed by atoms with Gasteiger partial charge in [-0.1, -0.05) is 30.3 Å². The van der Waals surface area contributed by atoms with E-state index in [4.69, 9.17) is 15.7 Å². The van der Waals surface area contributed by atoms with E-state index < -0.39 is 5.91 Å². The second kappa shape index (κ2) is 5.23. The fraction of sp³-hybridized carbons (Fsp3) is 0.0667. The predicted octanol–water partition coefficient (Wildman–Crippen LogP) is 2.24. The van der Waals surface area contributed by atoms with Crippen LogP contribution in [0, 0.1) is 11.3 Å². The molecule has 1 amide bonds. The van der Waals surface area contributed by atoms with E-state index in [1.807, 2.05) is 24.3 Å². The van der Waals surface area contributed by atoms with Crippen molar-refractivity contribution < 1.29 is 9.53 Å². The molecular weight excluding hydrogens is 240 g/mol. The highest BCUT2D eigenvalue weighted by atomic mass is 16.5. The molecule has 0 atom stereocenters. The van der Waals surface area contributed by atoms with Crippen molar-refractivity contribution in [3.05, 3.63) is 47.5 Å². The molecule has 0 heterocycles. The van der Waals surface area contributed by atoms with E-state index in [-0.39, 0.29) is 5.57 Å². The minimum Gasteiger partial charge on any atom is -0.496 e. The van der Waals surface area contributed by atoms with Crippen LogP contribution in [0.15, 0.2) is 42.0 Å². The Labute approximate surface area is 110 Å². The number of carbonyl (C=O) groups excluding carboxylic acids is 1. The Hall–Kier alpha value is -2.80. The number of methoxy groups -OCH3 is 1. The number of carbonyl (C=O) groups is 1. The van der Waals surface area contributed by atoms with Crippen LogP contribution in [0.25, 0.3) is 16.8 Å². The van der Waals surface area contributed by atoms with E-state index in [1.165, 1.54) is 6.08 Å². The molecule has 2 aromatic rings. The van der Waals surface area contributed by atoms with Crippen molar-refractivity contribution in [3.63, 3.8) is 0 Å². The molecule has 2 aromatic carbocycles. The maximum atomic E-state index is 11.1. The highest BCUT2D eigenvalue weighted by Crippen LogP contribution is 2.29. The molecule has 19 heavy (non-hydrogen) atoms. The average Bonchev–Trinajstić information content (AvgIpc) is 2.44. The number of nitrogens with zero attached hydrogens (tertiary/aromatic N) is 1. The lowest BCUT2D eigenvalue weighted by molar-refractivity contribution is -0.114. The lowest BCUT2D eigenvalue weighted by Gasteiger charge is -2.08. The first-order valence-corrected chi connectivity index (χ1v) is 5.64. The average molecular weight is 252 g/mol. The quantitative estimate of drug-likeness (QED) is 0.672. The summed E-state index contributed by atoms with van der Waals surface area (Å²) in [5.74, 6) is 0.00716. The minimum absolute atomic E-state index is 0.0738. The fourth-order valence-electron chi connectivity index (χ4n) is 1.91. The summed E-state index contributed by atoms with van der Waals surface area (Å²) in [4.78, 5) is 11.1. The standard InChI is InChI=1S/C15H12N2O2/c1-19-14-7-6-10(8-11(9-16)15(17)18)12-4-2-3-5-13(12)14/h2-8H,1H3,(H2,17,18)/b11-8+. The molecule has 94 valence electrons. The van der Waals surface area contributed by atoms with Crippen molar-refractivity contribution >= 4 is 22.8 Å². The molecule has 2 N–H and O–H groups in total. The number of nitriles is 1. The van der Waals surface area contributed by atoms with Gasteiger partial charge in [-0.3, -0.25) is 4.79 Å². The summed E-state index contributed by atoms with van der Waals surface area (Å²) in [5.41, 5.74) is 5.82. The number of nitrogens with two attached hydrogens (primary N) is 1. The van der Waals surface area contributed by atoms with Crippen LogP contribution in [0.2, 0.25) is 0 Å². The Morgan fingerprint density at radius 2 is 1.95 bits per heavy atom. The van der Waals surface area contributed by atoms with Gasteiger partial charge in [-0.2, -0.15) is 5.26 Å². The summed E-state index contributed by atoms with van der Waals surface area (Å²) in [6, 6.07) is 13.0. The molecule has 0 aliphatic carbocycles. The molecule has 4 nitrogen and oxygen atoms in total. The molecule has 0 fully saturated rings. The van der Waals surface area contributed by atoms with Crippen molar-refractivity contribution in [2.75, 3.05) is 7.11 Å². The lowest BCUT2D eigenvalue weighted by atomic mass is 10.0. The van der Waals surface area contributed by atoms with Gasteiger partial charge in [0.1, 0.15) is 17.4 Å². The van der Waals surface area contributed by atoms with Gasteiger partial charge in [-0.15, -0.1) is 0 Å². The summed E-state index contributed by atoms with van der Waals surface area (Å²) in [7, 11) is 1.60. The van der Waals surface area contributed by atoms with Crippen LogP contribution < -0.4 is 10.5 Å². The topological polar surface area (TPSA) is 76.1 Å². The van der Waals surface area contributed by atoms with Crippen molar-refractivity contribution in [3.8, 4) is 11.8 Å². The highest BCUT2D eigenvalue weighted by molar-refractivity contribution is 6.04. The van der Waals surface area contributed by atoms with Gasteiger partial charge in [-0.05, 0) is 23.1 Å². The normalized spacial score (nSPS) is 11.1. The van der Waals surface area contributed by atoms with Gasteiger partial charge >= 0.3 is 0 Å². The molecule has 0 aliphatic heterocycles. The third-order valence-corrected chi connectivity index (χ3v) is 2.82. The van der Waals surface area contributed by atoms with Crippen LogP contribution in [-0.4, -0.2) is 13.0 Å². The van der Waals surface area contributed by atoms with E-state index in [2.05, 4.69) is 0 Å². The molecule has 0 aromatic heterocycles. The third-order valence-electron chi connectivity index (χ3n) is 2.82. The number of hydrogen-bond donors (Lipinski definition) is 1. The molecule has 0 saturated carbocycles. The zero-order valence-corrected chi connectivity index (χ0v) is 10.4. The maximum absolute atomic E-state index is 11.1. The van der Waals surface area contributed by atoms with Gasteiger partial charge in [-0.25, -0.2) is 0 Å². The zero-order chi connectivity index (χ0) is 13.8. The highest BCUT2D eigenvalue weighted by Gasteiger charge is 2.08. The van der Waals surface area contributed by atoms with Crippen LogP contribution in [0.5, 0.6) is 5.75 Å². The Morgan fingerprint density at radius 3 is 2.53 bits per heavy atom. The number of benzene rings is 2. The zero-order valence-electron chi connectivity index (χ0n) is 10.4. The number of amides is 1. The number of primary amides is 1. The van der Waals surface area contributed by atoms with Crippen molar-refractivity contribution in [1.29, 1.82) is 5.26 Å². The van der Waals surface area contributed by atoms with E-state index >= 15 is 0 Å². The van der Waals surface area contributed by atoms with E-state index in [1.54, 1.807) is 25.3 Å². The molecular formula is C15H12N2O2. The predicted molar refractivity (Wildman–Crippen MR) is 73.3 cm³/mol. The molecule has 0 aliphatic rings. The van der Waals surface area contributed by atoms with Crippen molar-refractivity contribution in [1.82, 2.24) is 0 Å². The van der Waals surface area contributed by atoms with Gasteiger partial charge in [0.25, 0.3) is 5.91 Å². The van der Waals surface area contributed by atoms with Crippen LogP contribution in [0.4, 0.5) is 0 Å². The second-order valence-corrected chi connectivity index (χ2v) is 3.94. The maximum Gasteiger partial charge on any atom is 0.259 e. The Kier molecular flexibility index (Phi) is 3.48. The molecule has 0 saturated heterocycles. The molecule has 0 radical (unpaired) electrons. The minimum atomic E-state index is -0.734. The Bertz CT molecular complexity index is 712. The third kappa shape index (κ3) is 2.40. The summed E-state index contributed by atoms with van der Waals surface area (Å²) < 4.78 is 5.28. The first-order chi connectivity index (χ1) is 9.17. The Balaban J connectivity index is 2.70. The van der Waals surface area contributed by atoms with Gasteiger partial charge < -0.3 is 10.5 Å². The molecule has 0 spiro atoms. The number of rotatable bonds is 3. The first kappa shape index (κ1) is 12.7. The van der Waals surface area contributed by atoms with Gasteiger partial charge in [0, 0.05) is 5.39 Å². The van der Waals surface area contributed by atoms with Gasteiger partial charge in [0.15, 0.2) is 0 Å².